The Morgan fingerprint density at radius 3 is 2.58 bits per heavy atom. The number of anilines is 1. The Bertz CT molecular complexity index is 565. The molecule has 1 aliphatic heterocycles. The van der Waals surface area contributed by atoms with Crippen LogP contribution in [0.25, 0.3) is 11.4 Å². The van der Waals surface area contributed by atoms with Crippen molar-refractivity contribution in [1.82, 2.24) is 9.97 Å². The maximum atomic E-state index is 9.87. The van der Waals surface area contributed by atoms with Crippen molar-refractivity contribution in [3.05, 3.63) is 36.5 Å². The van der Waals surface area contributed by atoms with Gasteiger partial charge in [0.1, 0.15) is 11.6 Å². The molecule has 2 aromatic rings. The van der Waals surface area contributed by atoms with Crippen molar-refractivity contribution < 1.29 is 5.11 Å². The number of aromatic nitrogens is 2. The lowest BCUT2D eigenvalue weighted by Gasteiger charge is -2.27. The smallest absolute Gasteiger partial charge is 0.165 e. The van der Waals surface area contributed by atoms with Crippen LogP contribution in [0.15, 0.2) is 36.5 Å². The molecule has 0 atom stereocenters. The van der Waals surface area contributed by atoms with Gasteiger partial charge in [-0.25, -0.2) is 9.97 Å². The summed E-state index contributed by atoms with van der Waals surface area (Å²) >= 11 is 0. The fourth-order valence-corrected chi connectivity index (χ4v) is 2.44. The molecule has 0 spiro atoms. The van der Waals surface area contributed by atoms with Gasteiger partial charge in [-0.3, -0.25) is 0 Å². The van der Waals surface area contributed by atoms with E-state index in [1.54, 1.807) is 18.3 Å². The fraction of sp³-hybridized carbons (Fsp3) is 0.333. The number of aromatic hydroxyl groups is 1. The highest BCUT2D eigenvalue weighted by atomic mass is 16.3. The van der Waals surface area contributed by atoms with Crippen molar-refractivity contribution in [3.63, 3.8) is 0 Å². The zero-order chi connectivity index (χ0) is 13.1. The summed E-state index contributed by atoms with van der Waals surface area (Å²) in [5, 5.41) is 9.87. The second-order valence-electron chi connectivity index (χ2n) is 4.80. The third-order valence-corrected chi connectivity index (χ3v) is 3.47. The minimum absolute atomic E-state index is 0.221. The molecule has 4 nitrogen and oxygen atoms in total. The highest BCUT2D eigenvalue weighted by Crippen LogP contribution is 2.27. The molecule has 1 N–H and O–H groups in total. The molecule has 1 aliphatic rings. The normalized spacial score (nSPS) is 15.5. The van der Waals surface area contributed by atoms with Crippen molar-refractivity contribution in [2.75, 3.05) is 18.0 Å². The van der Waals surface area contributed by atoms with Gasteiger partial charge in [-0.05, 0) is 37.5 Å². The van der Waals surface area contributed by atoms with Gasteiger partial charge in [0.25, 0.3) is 0 Å². The molecule has 0 saturated carbocycles. The van der Waals surface area contributed by atoms with E-state index in [4.69, 9.17) is 0 Å². The topological polar surface area (TPSA) is 49.3 Å². The zero-order valence-electron chi connectivity index (χ0n) is 10.8. The molecular weight excluding hydrogens is 238 g/mol. The average Bonchev–Trinajstić information content (AvgIpc) is 2.49. The first-order valence-corrected chi connectivity index (χ1v) is 6.71. The molecule has 0 amide bonds. The molecule has 1 aromatic carbocycles. The van der Waals surface area contributed by atoms with Crippen LogP contribution in [0, 0.1) is 0 Å². The van der Waals surface area contributed by atoms with Gasteiger partial charge in [0.05, 0.1) is 5.56 Å². The van der Waals surface area contributed by atoms with E-state index < -0.39 is 0 Å². The van der Waals surface area contributed by atoms with E-state index >= 15 is 0 Å². The molecular formula is C15H17N3O. The van der Waals surface area contributed by atoms with Crippen molar-refractivity contribution >= 4 is 5.82 Å². The van der Waals surface area contributed by atoms with E-state index in [9.17, 15) is 5.11 Å². The second-order valence-corrected chi connectivity index (χ2v) is 4.80. The number of piperidine rings is 1. The molecule has 19 heavy (non-hydrogen) atoms. The summed E-state index contributed by atoms with van der Waals surface area (Å²) in [4.78, 5) is 11.1. The maximum absolute atomic E-state index is 9.87. The lowest BCUT2D eigenvalue weighted by Crippen LogP contribution is -2.30. The quantitative estimate of drug-likeness (QED) is 0.896. The number of phenols is 1. The van der Waals surface area contributed by atoms with Crippen LogP contribution < -0.4 is 4.90 Å². The van der Waals surface area contributed by atoms with Crippen molar-refractivity contribution in [1.29, 1.82) is 0 Å². The number of phenolic OH excluding ortho intramolecular Hbond substituents is 1. The van der Waals surface area contributed by atoms with Crippen LogP contribution >= 0.6 is 0 Å². The van der Waals surface area contributed by atoms with E-state index in [-0.39, 0.29) is 5.75 Å². The summed E-state index contributed by atoms with van der Waals surface area (Å²) in [6, 6.07) is 9.12. The van der Waals surface area contributed by atoms with Gasteiger partial charge >= 0.3 is 0 Å². The SMILES string of the molecule is Oc1ccccc1-c1nccc(N2CCCCC2)n1. The van der Waals surface area contributed by atoms with Crippen LogP contribution in [0.5, 0.6) is 5.75 Å². The van der Waals surface area contributed by atoms with Crippen molar-refractivity contribution in [3.8, 4) is 17.1 Å². The molecule has 4 heteroatoms. The Hall–Kier alpha value is -2.10. The Labute approximate surface area is 112 Å². The second kappa shape index (κ2) is 5.26. The predicted octanol–water partition coefficient (Wildman–Crippen LogP) is 2.84. The molecule has 3 rings (SSSR count). The Kier molecular flexibility index (Phi) is 3.31. The van der Waals surface area contributed by atoms with E-state index in [0.717, 1.165) is 18.9 Å². The van der Waals surface area contributed by atoms with E-state index in [1.807, 2.05) is 18.2 Å². The van der Waals surface area contributed by atoms with Gasteiger partial charge in [0.15, 0.2) is 5.82 Å². The molecule has 0 bridgehead atoms. The minimum Gasteiger partial charge on any atom is -0.507 e. The van der Waals surface area contributed by atoms with Gasteiger partial charge in [0.2, 0.25) is 0 Å². The van der Waals surface area contributed by atoms with Crippen LogP contribution in [0.1, 0.15) is 19.3 Å². The summed E-state index contributed by atoms with van der Waals surface area (Å²) in [6.45, 7) is 2.11. The summed E-state index contributed by atoms with van der Waals surface area (Å²) in [5.41, 5.74) is 0.682. The van der Waals surface area contributed by atoms with Gasteiger partial charge < -0.3 is 10.0 Å². The largest absolute Gasteiger partial charge is 0.507 e. The average molecular weight is 255 g/mol. The predicted molar refractivity (Wildman–Crippen MR) is 75.2 cm³/mol. The molecule has 0 unspecified atom stereocenters. The molecule has 98 valence electrons. The number of benzene rings is 1. The van der Waals surface area contributed by atoms with E-state index in [2.05, 4.69) is 14.9 Å². The number of para-hydroxylation sites is 1. The van der Waals surface area contributed by atoms with Crippen molar-refractivity contribution in [2.45, 2.75) is 19.3 Å². The van der Waals surface area contributed by atoms with E-state index in [0.29, 0.717) is 11.4 Å². The first kappa shape index (κ1) is 12.0. The van der Waals surface area contributed by atoms with E-state index in [1.165, 1.54) is 19.3 Å². The highest BCUT2D eigenvalue weighted by Gasteiger charge is 2.14. The Morgan fingerprint density at radius 2 is 1.79 bits per heavy atom. The summed E-state index contributed by atoms with van der Waals surface area (Å²) in [7, 11) is 0. The highest BCUT2D eigenvalue weighted by molar-refractivity contribution is 5.64. The van der Waals surface area contributed by atoms with Gasteiger partial charge in [-0.2, -0.15) is 0 Å². The third-order valence-electron chi connectivity index (χ3n) is 3.47. The summed E-state index contributed by atoms with van der Waals surface area (Å²) in [6.07, 6.45) is 5.50. The molecule has 1 saturated heterocycles. The standard InChI is InChI=1S/C15H17N3O/c19-13-7-3-2-6-12(13)15-16-9-8-14(17-15)18-10-4-1-5-11-18/h2-3,6-9,19H,1,4-5,10-11H2. The molecule has 1 fully saturated rings. The van der Waals surface area contributed by atoms with Crippen LogP contribution in [0.2, 0.25) is 0 Å². The zero-order valence-corrected chi connectivity index (χ0v) is 10.8. The van der Waals surface area contributed by atoms with Gasteiger partial charge in [-0.1, -0.05) is 12.1 Å². The van der Waals surface area contributed by atoms with Crippen molar-refractivity contribution in [2.24, 2.45) is 0 Å². The first-order chi connectivity index (χ1) is 9.34. The number of hydrogen-bond donors (Lipinski definition) is 1. The van der Waals surface area contributed by atoms with Crippen LogP contribution in [0.4, 0.5) is 5.82 Å². The van der Waals surface area contributed by atoms with Gasteiger partial charge in [-0.15, -0.1) is 0 Å². The van der Waals surface area contributed by atoms with Crippen LogP contribution in [-0.2, 0) is 0 Å². The lowest BCUT2D eigenvalue weighted by molar-refractivity contribution is 0.477. The molecule has 1 aromatic heterocycles. The summed E-state index contributed by atoms with van der Waals surface area (Å²) in [5.74, 6) is 1.76. The Balaban J connectivity index is 1.93. The number of hydrogen-bond acceptors (Lipinski definition) is 4. The monoisotopic (exact) mass is 255 g/mol. The van der Waals surface area contributed by atoms with Crippen LogP contribution in [-0.4, -0.2) is 28.2 Å². The summed E-state index contributed by atoms with van der Waals surface area (Å²) < 4.78 is 0. The third kappa shape index (κ3) is 2.52. The first-order valence-electron chi connectivity index (χ1n) is 6.71. The Morgan fingerprint density at radius 1 is 1.00 bits per heavy atom. The minimum atomic E-state index is 0.221. The lowest BCUT2D eigenvalue weighted by atomic mass is 10.1. The fourth-order valence-electron chi connectivity index (χ4n) is 2.44. The number of nitrogens with zero attached hydrogens (tertiary/aromatic N) is 3. The van der Waals surface area contributed by atoms with Gasteiger partial charge in [0, 0.05) is 19.3 Å². The maximum Gasteiger partial charge on any atom is 0.165 e. The molecule has 0 radical (unpaired) electrons. The molecule has 0 aliphatic carbocycles. The van der Waals surface area contributed by atoms with Crippen LogP contribution in [0.3, 0.4) is 0 Å². The molecule has 2 heterocycles. The number of rotatable bonds is 2.